The van der Waals surface area contributed by atoms with E-state index in [9.17, 15) is 9.59 Å². The van der Waals surface area contributed by atoms with Crippen molar-refractivity contribution in [3.8, 4) is 0 Å². The van der Waals surface area contributed by atoms with E-state index in [0.29, 0.717) is 12.2 Å². The quantitative estimate of drug-likeness (QED) is 0.871. The smallest absolute Gasteiger partial charge is 0.246 e. The second kappa shape index (κ2) is 6.35. The summed E-state index contributed by atoms with van der Waals surface area (Å²) in [6.07, 6.45) is 8.85. The zero-order valence-electron chi connectivity index (χ0n) is 14.1. The average molecular weight is 338 g/mol. The molecule has 6 nitrogen and oxygen atoms in total. The normalized spacial score (nSPS) is 20.5. The standard InChI is InChI=1S/C19H22N4O2/c1-2-17(24)22-10-3-4-14(12-22)21-16-7-9-20-18-15(16)8-11-23(18)19(25)13-5-6-13/h2,7-9,11,13-14H,1,3-6,10,12H2,(H,20,21)/t14-/m1/s1. The van der Waals surface area contributed by atoms with Crippen molar-refractivity contribution in [2.75, 3.05) is 18.4 Å². The molecule has 0 unspecified atom stereocenters. The van der Waals surface area contributed by atoms with Gasteiger partial charge < -0.3 is 10.2 Å². The van der Waals surface area contributed by atoms with E-state index in [-0.39, 0.29) is 23.8 Å². The van der Waals surface area contributed by atoms with Gasteiger partial charge in [-0.2, -0.15) is 0 Å². The third kappa shape index (κ3) is 3.04. The predicted octanol–water partition coefficient (Wildman–Crippen LogP) is 2.68. The number of piperidine rings is 1. The zero-order valence-corrected chi connectivity index (χ0v) is 14.1. The van der Waals surface area contributed by atoms with Crippen molar-refractivity contribution in [3.63, 3.8) is 0 Å². The van der Waals surface area contributed by atoms with Crippen LogP contribution in [0.1, 0.15) is 30.5 Å². The highest BCUT2D eigenvalue weighted by Gasteiger charge is 2.32. The van der Waals surface area contributed by atoms with Gasteiger partial charge in [0.15, 0.2) is 0 Å². The first-order valence-electron chi connectivity index (χ1n) is 8.85. The molecule has 1 saturated heterocycles. The molecule has 3 heterocycles. The van der Waals surface area contributed by atoms with Crippen LogP contribution in [0, 0.1) is 5.92 Å². The molecule has 2 fully saturated rings. The number of hydrogen-bond acceptors (Lipinski definition) is 4. The Morgan fingerprint density at radius 3 is 2.88 bits per heavy atom. The highest BCUT2D eigenvalue weighted by atomic mass is 16.2. The van der Waals surface area contributed by atoms with Crippen LogP contribution in [-0.2, 0) is 4.79 Å². The molecule has 0 spiro atoms. The third-order valence-electron chi connectivity index (χ3n) is 5.02. The van der Waals surface area contributed by atoms with Gasteiger partial charge in [-0.1, -0.05) is 6.58 Å². The molecule has 2 aliphatic rings. The number of fused-ring (bicyclic) bond motifs is 1. The Labute approximate surface area is 146 Å². The lowest BCUT2D eigenvalue weighted by Crippen LogP contribution is -2.44. The molecule has 1 amide bonds. The fourth-order valence-electron chi connectivity index (χ4n) is 3.51. The van der Waals surface area contributed by atoms with Crippen LogP contribution in [0.3, 0.4) is 0 Å². The fraction of sp³-hybridized carbons (Fsp3) is 0.421. The van der Waals surface area contributed by atoms with Crippen molar-refractivity contribution >= 4 is 28.5 Å². The van der Waals surface area contributed by atoms with Crippen LogP contribution in [-0.4, -0.2) is 45.4 Å². The minimum Gasteiger partial charge on any atom is -0.380 e. The molecule has 0 aromatic carbocycles. The number of carbonyl (C=O) groups excluding carboxylic acids is 2. The van der Waals surface area contributed by atoms with E-state index in [2.05, 4.69) is 16.9 Å². The van der Waals surface area contributed by atoms with Crippen LogP contribution in [0.25, 0.3) is 11.0 Å². The number of amides is 1. The molecule has 1 saturated carbocycles. The van der Waals surface area contributed by atoms with Crippen molar-refractivity contribution in [3.05, 3.63) is 37.2 Å². The predicted molar refractivity (Wildman–Crippen MR) is 96.5 cm³/mol. The van der Waals surface area contributed by atoms with Gasteiger partial charge in [-0.3, -0.25) is 14.2 Å². The summed E-state index contributed by atoms with van der Waals surface area (Å²) in [5, 5.41) is 4.48. The van der Waals surface area contributed by atoms with Gasteiger partial charge in [-0.15, -0.1) is 0 Å². The van der Waals surface area contributed by atoms with Gasteiger partial charge in [0, 0.05) is 48.5 Å². The van der Waals surface area contributed by atoms with Crippen LogP contribution in [0.15, 0.2) is 37.2 Å². The Bertz CT molecular complexity index is 837. The van der Waals surface area contributed by atoms with E-state index in [4.69, 9.17) is 0 Å². The number of nitrogens with zero attached hydrogens (tertiary/aromatic N) is 3. The number of likely N-dealkylation sites (tertiary alicyclic amines) is 1. The van der Waals surface area contributed by atoms with Gasteiger partial charge in [-0.25, -0.2) is 4.98 Å². The molecule has 130 valence electrons. The number of carbonyl (C=O) groups is 2. The zero-order chi connectivity index (χ0) is 17.4. The van der Waals surface area contributed by atoms with Crippen molar-refractivity contribution in [1.29, 1.82) is 0 Å². The summed E-state index contributed by atoms with van der Waals surface area (Å²) in [5.74, 6) is 0.276. The van der Waals surface area contributed by atoms with Crippen LogP contribution < -0.4 is 5.32 Å². The molecule has 1 aliphatic carbocycles. The lowest BCUT2D eigenvalue weighted by molar-refractivity contribution is -0.127. The Morgan fingerprint density at radius 2 is 2.12 bits per heavy atom. The van der Waals surface area contributed by atoms with Crippen molar-refractivity contribution in [1.82, 2.24) is 14.5 Å². The molecule has 6 heteroatoms. The minimum absolute atomic E-state index is 0.0208. The molecule has 4 rings (SSSR count). The second-order valence-electron chi connectivity index (χ2n) is 6.87. The van der Waals surface area contributed by atoms with E-state index in [1.165, 1.54) is 6.08 Å². The fourth-order valence-corrected chi connectivity index (χ4v) is 3.51. The number of aromatic nitrogens is 2. The summed E-state index contributed by atoms with van der Waals surface area (Å²) in [4.78, 5) is 30.5. The SMILES string of the molecule is C=CC(=O)N1CCC[C@@H](Nc2ccnc3c2ccn3C(=O)C2CC2)C1. The summed E-state index contributed by atoms with van der Waals surface area (Å²) in [6, 6.07) is 4.06. The topological polar surface area (TPSA) is 67.2 Å². The average Bonchev–Trinajstić information content (AvgIpc) is 3.40. The van der Waals surface area contributed by atoms with E-state index in [1.54, 1.807) is 10.8 Å². The Hall–Kier alpha value is -2.63. The molecule has 1 N–H and O–H groups in total. The summed E-state index contributed by atoms with van der Waals surface area (Å²) in [7, 11) is 0. The highest BCUT2D eigenvalue weighted by Crippen LogP contribution is 2.33. The van der Waals surface area contributed by atoms with Crippen LogP contribution >= 0.6 is 0 Å². The number of anilines is 1. The lowest BCUT2D eigenvalue weighted by Gasteiger charge is -2.33. The number of rotatable bonds is 4. The van der Waals surface area contributed by atoms with Gasteiger partial charge in [0.05, 0.1) is 0 Å². The molecule has 25 heavy (non-hydrogen) atoms. The van der Waals surface area contributed by atoms with E-state index >= 15 is 0 Å². The van der Waals surface area contributed by atoms with Crippen LogP contribution in [0.5, 0.6) is 0 Å². The van der Waals surface area contributed by atoms with Crippen molar-refractivity contribution < 1.29 is 9.59 Å². The maximum Gasteiger partial charge on any atom is 0.246 e. The Kier molecular flexibility index (Phi) is 4.03. The number of hydrogen-bond donors (Lipinski definition) is 1. The summed E-state index contributed by atoms with van der Waals surface area (Å²) < 4.78 is 1.67. The van der Waals surface area contributed by atoms with Gasteiger partial charge in [0.2, 0.25) is 11.8 Å². The third-order valence-corrected chi connectivity index (χ3v) is 5.02. The first-order chi connectivity index (χ1) is 12.2. The minimum atomic E-state index is -0.0208. The molecule has 0 bridgehead atoms. The Morgan fingerprint density at radius 1 is 1.28 bits per heavy atom. The van der Waals surface area contributed by atoms with Crippen LogP contribution in [0.4, 0.5) is 5.69 Å². The monoisotopic (exact) mass is 338 g/mol. The number of pyridine rings is 1. The van der Waals surface area contributed by atoms with E-state index < -0.39 is 0 Å². The molecular weight excluding hydrogens is 316 g/mol. The largest absolute Gasteiger partial charge is 0.380 e. The summed E-state index contributed by atoms with van der Waals surface area (Å²) in [6.45, 7) is 5.01. The molecule has 2 aromatic heterocycles. The van der Waals surface area contributed by atoms with Gasteiger partial charge >= 0.3 is 0 Å². The molecule has 2 aromatic rings. The second-order valence-corrected chi connectivity index (χ2v) is 6.87. The summed E-state index contributed by atoms with van der Waals surface area (Å²) in [5.41, 5.74) is 1.67. The van der Waals surface area contributed by atoms with Gasteiger partial charge in [-0.05, 0) is 43.9 Å². The molecule has 1 atom stereocenters. The van der Waals surface area contributed by atoms with E-state index in [1.807, 2.05) is 23.2 Å². The summed E-state index contributed by atoms with van der Waals surface area (Å²) >= 11 is 0. The molecular formula is C19H22N4O2. The van der Waals surface area contributed by atoms with Crippen molar-refractivity contribution in [2.24, 2.45) is 5.92 Å². The first-order valence-corrected chi connectivity index (χ1v) is 8.85. The lowest BCUT2D eigenvalue weighted by atomic mass is 10.0. The van der Waals surface area contributed by atoms with E-state index in [0.717, 1.165) is 43.3 Å². The Balaban J connectivity index is 1.56. The highest BCUT2D eigenvalue weighted by molar-refractivity contribution is 5.97. The maximum atomic E-state index is 12.4. The number of nitrogens with one attached hydrogen (secondary N) is 1. The maximum absolute atomic E-state index is 12.4. The van der Waals surface area contributed by atoms with Crippen molar-refractivity contribution in [2.45, 2.75) is 31.7 Å². The molecule has 1 aliphatic heterocycles. The van der Waals surface area contributed by atoms with Crippen LogP contribution in [0.2, 0.25) is 0 Å². The first kappa shape index (κ1) is 15.9. The van der Waals surface area contributed by atoms with Gasteiger partial charge in [0.25, 0.3) is 0 Å². The van der Waals surface area contributed by atoms with Gasteiger partial charge in [0.1, 0.15) is 5.65 Å². The molecule has 0 radical (unpaired) electrons.